The van der Waals surface area contributed by atoms with Crippen molar-refractivity contribution in [3.63, 3.8) is 0 Å². The summed E-state index contributed by atoms with van der Waals surface area (Å²) in [5.41, 5.74) is 0.979. The fourth-order valence-corrected chi connectivity index (χ4v) is 1.71. The highest BCUT2D eigenvalue weighted by Crippen LogP contribution is 2.13. The highest BCUT2D eigenvalue weighted by molar-refractivity contribution is 6.29. The van der Waals surface area contributed by atoms with Crippen molar-refractivity contribution in [2.24, 2.45) is 0 Å². The van der Waals surface area contributed by atoms with Crippen LogP contribution < -0.4 is 5.32 Å². The second-order valence-electron chi connectivity index (χ2n) is 3.67. The van der Waals surface area contributed by atoms with Gasteiger partial charge < -0.3 is 9.88 Å². The van der Waals surface area contributed by atoms with E-state index < -0.39 is 0 Å². The van der Waals surface area contributed by atoms with E-state index in [1.807, 2.05) is 22.9 Å². The highest BCUT2D eigenvalue weighted by atomic mass is 35.5. The van der Waals surface area contributed by atoms with Crippen molar-refractivity contribution >= 4 is 17.3 Å². The number of halogens is 1. The number of hydrogen-bond acceptors (Lipinski definition) is 3. The molecule has 4 nitrogen and oxygen atoms in total. The predicted molar refractivity (Wildman–Crippen MR) is 64.6 cm³/mol. The van der Waals surface area contributed by atoms with Gasteiger partial charge in [0.05, 0.1) is 6.33 Å². The van der Waals surface area contributed by atoms with E-state index in [2.05, 4.69) is 22.2 Å². The average molecular weight is 237 g/mol. The van der Waals surface area contributed by atoms with E-state index in [1.54, 1.807) is 18.7 Å². The molecule has 0 spiro atoms. The summed E-state index contributed by atoms with van der Waals surface area (Å²) in [4.78, 5) is 7.93. The highest BCUT2D eigenvalue weighted by Gasteiger charge is 2.03. The summed E-state index contributed by atoms with van der Waals surface area (Å²) in [5, 5.41) is 3.85. The summed E-state index contributed by atoms with van der Waals surface area (Å²) >= 11 is 5.80. The number of nitrogens with one attached hydrogen (secondary N) is 1. The minimum atomic E-state index is 0.299. The Kier molecular flexibility index (Phi) is 3.41. The molecule has 0 aromatic carbocycles. The van der Waals surface area contributed by atoms with Crippen molar-refractivity contribution in [2.75, 3.05) is 5.32 Å². The summed E-state index contributed by atoms with van der Waals surface area (Å²) in [5.74, 6) is 0. The van der Waals surface area contributed by atoms with Crippen LogP contribution >= 0.6 is 11.6 Å². The molecule has 0 amide bonds. The van der Waals surface area contributed by atoms with Crippen molar-refractivity contribution in [3.8, 4) is 0 Å². The van der Waals surface area contributed by atoms with Crippen molar-refractivity contribution in [1.82, 2.24) is 14.5 Å². The fraction of sp³-hybridized carbons (Fsp3) is 0.273. The predicted octanol–water partition coefficient (Wildman–Crippen LogP) is 2.43. The van der Waals surface area contributed by atoms with Crippen molar-refractivity contribution in [2.45, 2.75) is 19.5 Å². The van der Waals surface area contributed by atoms with Crippen LogP contribution in [-0.2, 0) is 6.54 Å². The lowest BCUT2D eigenvalue weighted by molar-refractivity contribution is 0.619. The topological polar surface area (TPSA) is 42.7 Å². The van der Waals surface area contributed by atoms with Gasteiger partial charge in [0.2, 0.25) is 0 Å². The molecular formula is C11H13ClN4. The Hall–Kier alpha value is -1.55. The normalized spacial score (nSPS) is 12.4. The number of aromatic nitrogens is 3. The van der Waals surface area contributed by atoms with E-state index in [0.29, 0.717) is 11.2 Å². The third-order valence-electron chi connectivity index (χ3n) is 2.18. The van der Waals surface area contributed by atoms with Gasteiger partial charge in [-0.05, 0) is 19.1 Å². The summed E-state index contributed by atoms with van der Waals surface area (Å²) < 4.78 is 2.03. The van der Waals surface area contributed by atoms with Crippen molar-refractivity contribution < 1.29 is 0 Å². The number of nitrogens with zero attached hydrogens (tertiary/aromatic N) is 3. The van der Waals surface area contributed by atoms with Gasteiger partial charge in [-0.1, -0.05) is 11.6 Å². The molecule has 2 rings (SSSR count). The first-order valence-corrected chi connectivity index (χ1v) is 5.45. The van der Waals surface area contributed by atoms with E-state index in [4.69, 9.17) is 11.6 Å². The van der Waals surface area contributed by atoms with E-state index in [-0.39, 0.29) is 0 Å². The van der Waals surface area contributed by atoms with Gasteiger partial charge in [-0.15, -0.1) is 0 Å². The van der Waals surface area contributed by atoms with Crippen LogP contribution in [0.2, 0.25) is 5.15 Å². The molecule has 84 valence electrons. The summed E-state index contributed by atoms with van der Waals surface area (Å²) in [7, 11) is 0. The first-order valence-electron chi connectivity index (χ1n) is 5.08. The van der Waals surface area contributed by atoms with Crippen molar-refractivity contribution in [1.29, 1.82) is 0 Å². The van der Waals surface area contributed by atoms with Gasteiger partial charge in [-0.2, -0.15) is 0 Å². The number of pyridine rings is 1. The van der Waals surface area contributed by atoms with Crippen LogP contribution in [0.1, 0.15) is 6.92 Å². The summed E-state index contributed by atoms with van der Waals surface area (Å²) in [6.07, 6.45) is 7.21. The van der Waals surface area contributed by atoms with Crippen molar-refractivity contribution in [3.05, 3.63) is 42.2 Å². The molecule has 16 heavy (non-hydrogen) atoms. The Morgan fingerprint density at radius 2 is 2.38 bits per heavy atom. The molecule has 0 aliphatic rings. The molecule has 0 radical (unpaired) electrons. The number of rotatable bonds is 4. The molecule has 2 heterocycles. The van der Waals surface area contributed by atoms with Gasteiger partial charge in [-0.3, -0.25) is 0 Å². The molecule has 0 aliphatic carbocycles. The Balaban J connectivity index is 1.94. The Bertz CT molecular complexity index is 441. The van der Waals surface area contributed by atoms with Gasteiger partial charge in [0, 0.05) is 36.9 Å². The van der Waals surface area contributed by atoms with E-state index in [1.165, 1.54) is 0 Å². The average Bonchev–Trinajstić information content (AvgIpc) is 2.70. The maximum absolute atomic E-state index is 5.80. The lowest BCUT2D eigenvalue weighted by atomic mass is 10.3. The first kappa shape index (κ1) is 11.0. The molecular weight excluding hydrogens is 224 g/mol. The minimum absolute atomic E-state index is 0.299. The van der Waals surface area contributed by atoms with Gasteiger partial charge in [0.25, 0.3) is 0 Å². The van der Waals surface area contributed by atoms with Crippen LogP contribution in [0.25, 0.3) is 0 Å². The quantitative estimate of drug-likeness (QED) is 0.830. The maximum Gasteiger partial charge on any atom is 0.131 e. The molecule has 0 saturated heterocycles. The van der Waals surface area contributed by atoms with E-state index in [0.717, 1.165) is 12.2 Å². The van der Waals surface area contributed by atoms with Gasteiger partial charge >= 0.3 is 0 Å². The van der Waals surface area contributed by atoms with Gasteiger partial charge in [0.15, 0.2) is 0 Å². The molecule has 5 heteroatoms. The van der Waals surface area contributed by atoms with Crippen LogP contribution in [0.3, 0.4) is 0 Å². The third kappa shape index (κ3) is 2.97. The van der Waals surface area contributed by atoms with Crippen LogP contribution in [0, 0.1) is 0 Å². The third-order valence-corrected chi connectivity index (χ3v) is 2.39. The molecule has 2 aromatic heterocycles. The monoisotopic (exact) mass is 236 g/mol. The molecule has 0 bridgehead atoms. The SMILES string of the molecule is CC(Cn1ccnc1)Nc1ccnc(Cl)c1. The molecule has 0 fully saturated rings. The lowest BCUT2D eigenvalue weighted by Crippen LogP contribution is -2.21. The zero-order chi connectivity index (χ0) is 11.4. The van der Waals surface area contributed by atoms with E-state index in [9.17, 15) is 0 Å². The maximum atomic E-state index is 5.80. The second kappa shape index (κ2) is 4.99. The smallest absolute Gasteiger partial charge is 0.131 e. The van der Waals surface area contributed by atoms with Crippen LogP contribution in [0.5, 0.6) is 0 Å². The molecule has 2 aromatic rings. The summed E-state index contributed by atoms with van der Waals surface area (Å²) in [6.45, 7) is 2.97. The molecule has 1 atom stereocenters. The lowest BCUT2D eigenvalue weighted by Gasteiger charge is -2.15. The van der Waals surface area contributed by atoms with Crippen LogP contribution in [0.15, 0.2) is 37.1 Å². The minimum Gasteiger partial charge on any atom is -0.381 e. The van der Waals surface area contributed by atoms with Gasteiger partial charge in [0.1, 0.15) is 5.15 Å². The fourth-order valence-electron chi connectivity index (χ4n) is 1.53. The summed E-state index contributed by atoms with van der Waals surface area (Å²) in [6, 6.07) is 4.01. The second-order valence-corrected chi connectivity index (χ2v) is 4.06. The van der Waals surface area contributed by atoms with E-state index >= 15 is 0 Å². The molecule has 0 saturated carbocycles. The Morgan fingerprint density at radius 3 is 3.06 bits per heavy atom. The molecule has 1 N–H and O–H groups in total. The van der Waals surface area contributed by atoms with Gasteiger partial charge in [-0.25, -0.2) is 9.97 Å². The number of anilines is 1. The zero-order valence-electron chi connectivity index (χ0n) is 8.97. The standard InChI is InChI=1S/C11H13ClN4/c1-9(7-16-5-4-13-8-16)15-10-2-3-14-11(12)6-10/h2-6,8-9H,7H2,1H3,(H,14,15). The number of imidazole rings is 1. The van der Waals surface area contributed by atoms with Crippen LogP contribution in [-0.4, -0.2) is 20.6 Å². The van der Waals surface area contributed by atoms with Crippen LogP contribution in [0.4, 0.5) is 5.69 Å². The first-order chi connectivity index (χ1) is 7.74. The Morgan fingerprint density at radius 1 is 1.50 bits per heavy atom. The number of hydrogen-bond donors (Lipinski definition) is 1. The molecule has 0 aliphatic heterocycles. The largest absolute Gasteiger partial charge is 0.381 e. The Labute approximate surface area is 99.3 Å². The zero-order valence-corrected chi connectivity index (χ0v) is 9.72. The molecule has 1 unspecified atom stereocenters.